The number of rotatable bonds is 5. The highest BCUT2D eigenvalue weighted by atomic mass is 32.2. The van der Waals surface area contributed by atoms with E-state index in [1.54, 1.807) is 30.5 Å². The topological polar surface area (TPSA) is 77.5 Å². The quantitative estimate of drug-likeness (QED) is 0.757. The van der Waals surface area contributed by atoms with Crippen molar-refractivity contribution in [3.8, 4) is 11.5 Å². The molecule has 25 heavy (non-hydrogen) atoms. The summed E-state index contributed by atoms with van der Waals surface area (Å²) in [5.74, 6) is 0.939. The Morgan fingerprint density at radius 2 is 1.84 bits per heavy atom. The molecule has 1 N–H and O–H groups in total. The van der Waals surface area contributed by atoms with Gasteiger partial charge >= 0.3 is 0 Å². The molecule has 0 fully saturated rings. The van der Waals surface area contributed by atoms with Crippen LogP contribution in [0.4, 0.5) is 5.69 Å². The van der Waals surface area contributed by atoms with Crippen LogP contribution in [0.25, 0.3) is 10.9 Å². The summed E-state index contributed by atoms with van der Waals surface area (Å²) >= 11 is 0. The Hall–Kier alpha value is -2.80. The van der Waals surface area contributed by atoms with Crippen LogP contribution in [-0.4, -0.2) is 27.6 Å². The number of nitrogens with one attached hydrogen (secondary N) is 1. The zero-order valence-electron chi connectivity index (χ0n) is 14.1. The molecule has 0 bridgehead atoms. The predicted molar refractivity (Wildman–Crippen MR) is 96.8 cm³/mol. The Labute approximate surface area is 146 Å². The maximum absolute atomic E-state index is 12.9. The minimum atomic E-state index is -3.84. The molecular formula is C18H18N2O4S. The summed E-state index contributed by atoms with van der Waals surface area (Å²) < 4.78 is 38.7. The van der Waals surface area contributed by atoms with Gasteiger partial charge in [0.1, 0.15) is 16.4 Å². The molecule has 1 heterocycles. The van der Waals surface area contributed by atoms with Crippen LogP contribution in [0.3, 0.4) is 0 Å². The Bertz CT molecular complexity index is 1030. The van der Waals surface area contributed by atoms with Crippen molar-refractivity contribution < 1.29 is 17.9 Å². The number of nitrogens with zero attached hydrogens (tertiary/aromatic N) is 1. The molecule has 0 spiro atoms. The van der Waals surface area contributed by atoms with Crippen LogP contribution >= 0.6 is 0 Å². The van der Waals surface area contributed by atoms with E-state index in [-0.39, 0.29) is 4.90 Å². The number of fused-ring (bicyclic) bond motifs is 1. The molecule has 130 valence electrons. The average Bonchev–Trinajstić information content (AvgIpc) is 2.61. The normalized spacial score (nSPS) is 11.3. The smallest absolute Gasteiger partial charge is 0.264 e. The fraction of sp³-hybridized carbons (Fsp3) is 0.167. The van der Waals surface area contributed by atoms with Gasteiger partial charge in [-0.15, -0.1) is 0 Å². The number of methoxy groups -OCH3 is 2. The number of ether oxygens (including phenoxy) is 2. The van der Waals surface area contributed by atoms with E-state index >= 15 is 0 Å². The number of hydrogen-bond acceptors (Lipinski definition) is 5. The van der Waals surface area contributed by atoms with Crippen molar-refractivity contribution in [2.75, 3.05) is 18.9 Å². The molecule has 1 aromatic heterocycles. The summed E-state index contributed by atoms with van der Waals surface area (Å²) in [6, 6.07) is 11.8. The fourth-order valence-electron chi connectivity index (χ4n) is 2.54. The highest BCUT2D eigenvalue weighted by Crippen LogP contribution is 2.32. The highest BCUT2D eigenvalue weighted by molar-refractivity contribution is 7.93. The van der Waals surface area contributed by atoms with Gasteiger partial charge in [0.2, 0.25) is 0 Å². The van der Waals surface area contributed by atoms with Crippen molar-refractivity contribution in [1.82, 2.24) is 4.98 Å². The van der Waals surface area contributed by atoms with E-state index in [1.165, 1.54) is 20.3 Å². The first-order valence-electron chi connectivity index (χ1n) is 7.55. The summed E-state index contributed by atoms with van der Waals surface area (Å²) in [4.78, 5) is 4.40. The third kappa shape index (κ3) is 3.36. The Morgan fingerprint density at radius 1 is 1.04 bits per heavy atom. The first-order valence-corrected chi connectivity index (χ1v) is 9.03. The van der Waals surface area contributed by atoms with Gasteiger partial charge in [0.15, 0.2) is 0 Å². The molecule has 0 saturated heterocycles. The van der Waals surface area contributed by atoms with Gasteiger partial charge < -0.3 is 9.47 Å². The molecule has 0 amide bonds. The second-order valence-electron chi connectivity index (χ2n) is 5.51. The maximum atomic E-state index is 12.9. The number of aryl methyl sites for hydroxylation is 1. The van der Waals surface area contributed by atoms with Gasteiger partial charge in [0, 0.05) is 17.6 Å². The zero-order valence-corrected chi connectivity index (χ0v) is 14.9. The van der Waals surface area contributed by atoms with Gasteiger partial charge in [-0.1, -0.05) is 12.1 Å². The van der Waals surface area contributed by atoms with Gasteiger partial charge in [-0.05, 0) is 36.8 Å². The molecule has 0 radical (unpaired) electrons. The van der Waals surface area contributed by atoms with Gasteiger partial charge in [0.05, 0.1) is 25.4 Å². The van der Waals surface area contributed by atoms with Crippen LogP contribution < -0.4 is 14.2 Å². The Balaban J connectivity index is 2.06. The van der Waals surface area contributed by atoms with Gasteiger partial charge in [-0.25, -0.2) is 8.42 Å². The van der Waals surface area contributed by atoms with Crippen molar-refractivity contribution in [2.45, 2.75) is 11.8 Å². The fourth-order valence-corrected chi connectivity index (χ4v) is 3.79. The van der Waals surface area contributed by atoms with Gasteiger partial charge in [-0.2, -0.15) is 0 Å². The number of aromatic nitrogens is 1. The maximum Gasteiger partial charge on any atom is 0.264 e. The average molecular weight is 358 g/mol. The van der Waals surface area contributed by atoms with Crippen molar-refractivity contribution in [1.29, 1.82) is 0 Å². The standard InChI is InChI=1S/C18H18N2O4S/c1-12-9-13-5-4-6-17(18(13)19-11-12)25(21,22)20-15-8-7-14(23-2)10-16(15)24-3/h4-11,20H,1-3H3. The molecule has 0 aliphatic carbocycles. The van der Waals surface area contributed by atoms with Crippen molar-refractivity contribution >= 4 is 26.6 Å². The highest BCUT2D eigenvalue weighted by Gasteiger charge is 2.20. The number of anilines is 1. The predicted octanol–water partition coefficient (Wildman–Crippen LogP) is 3.36. The first-order chi connectivity index (χ1) is 11.9. The minimum absolute atomic E-state index is 0.114. The summed E-state index contributed by atoms with van der Waals surface area (Å²) in [6.07, 6.45) is 1.65. The van der Waals surface area contributed by atoms with Crippen LogP contribution in [0.2, 0.25) is 0 Å². The van der Waals surface area contributed by atoms with E-state index in [0.717, 1.165) is 10.9 Å². The Kier molecular flexibility index (Phi) is 4.50. The van der Waals surface area contributed by atoms with E-state index in [0.29, 0.717) is 22.7 Å². The summed E-state index contributed by atoms with van der Waals surface area (Å²) in [5.41, 5.74) is 1.72. The Morgan fingerprint density at radius 3 is 2.56 bits per heavy atom. The molecule has 0 atom stereocenters. The molecule has 0 saturated carbocycles. The summed E-state index contributed by atoms with van der Waals surface area (Å²) in [6.45, 7) is 1.91. The van der Waals surface area contributed by atoms with E-state index < -0.39 is 10.0 Å². The lowest BCUT2D eigenvalue weighted by atomic mass is 10.2. The second kappa shape index (κ2) is 6.60. The number of benzene rings is 2. The molecule has 0 unspecified atom stereocenters. The minimum Gasteiger partial charge on any atom is -0.497 e. The third-order valence-electron chi connectivity index (χ3n) is 3.75. The molecule has 2 aromatic carbocycles. The van der Waals surface area contributed by atoms with Crippen molar-refractivity contribution in [3.63, 3.8) is 0 Å². The molecular weight excluding hydrogens is 340 g/mol. The largest absolute Gasteiger partial charge is 0.497 e. The van der Waals surface area contributed by atoms with Crippen LogP contribution in [0.5, 0.6) is 11.5 Å². The van der Waals surface area contributed by atoms with E-state index in [9.17, 15) is 8.42 Å². The molecule has 7 heteroatoms. The van der Waals surface area contributed by atoms with E-state index in [1.807, 2.05) is 19.1 Å². The lowest BCUT2D eigenvalue weighted by molar-refractivity contribution is 0.395. The summed E-state index contributed by atoms with van der Waals surface area (Å²) in [7, 11) is -0.841. The van der Waals surface area contributed by atoms with Crippen molar-refractivity contribution in [3.05, 3.63) is 54.2 Å². The van der Waals surface area contributed by atoms with E-state index in [2.05, 4.69) is 9.71 Å². The van der Waals surface area contributed by atoms with Gasteiger partial charge in [-0.3, -0.25) is 9.71 Å². The molecule has 3 aromatic rings. The van der Waals surface area contributed by atoms with Crippen LogP contribution in [-0.2, 0) is 10.0 Å². The SMILES string of the molecule is COc1ccc(NS(=O)(=O)c2cccc3cc(C)cnc23)c(OC)c1. The second-order valence-corrected chi connectivity index (χ2v) is 7.16. The molecule has 0 aliphatic heterocycles. The number of para-hydroxylation sites is 1. The van der Waals surface area contributed by atoms with Crippen LogP contribution in [0.15, 0.2) is 53.6 Å². The lowest BCUT2D eigenvalue weighted by Gasteiger charge is -2.14. The molecule has 3 rings (SSSR count). The van der Waals surface area contributed by atoms with Crippen molar-refractivity contribution in [2.24, 2.45) is 0 Å². The molecule has 6 nitrogen and oxygen atoms in total. The number of hydrogen-bond donors (Lipinski definition) is 1. The number of sulfonamides is 1. The van der Waals surface area contributed by atoms with Gasteiger partial charge in [0.25, 0.3) is 10.0 Å². The van der Waals surface area contributed by atoms with Crippen LogP contribution in [0, 0.1) is 6.92 Å². The summed E-state index contributed by atoms with van der Waals surface area (Å²) in [5, 5.41) is 0.768. The first kappa shape index (κ1) is 17.0. The van der Waals surface area contributed by atoms with Crippen LogP contribution in [0.1, 0.15) is 5.56 Å². The lowest BCUT2D eigenvalue weighted by Crippen LogP contribution is -2.14. The van der Waals surface area contributed by atoms with E-state index in [4.69, 9.17) is 9.47 Å². The zero-order chi connectivity index (χ0) is 18.0. The third-order valence-corrected chi connectivity index (χ3v) is 5.15. The number of pyridine rings is 1. The monoisotopic (exact) mass is 358 g/mol. The molecule has 0 aliphatic rings.